The number of hydrogen-bond acceptors (Lipinski definition) is 3. The molecule has 0 fully saturated rings. The van der Waals surface area contributed by atoms with E-state index in [1.165, 1.54) is 0 Å². The first-order chi connectivity index (χ1) is 11.6. The molecule has 0 unspecified atom stereocenters. The lowest BCUT2D eigenvalue weighted by Crippen LogP contribution is -2.30. The summed E-state index contributed by atoms with van der Waals surface area (Å²) in [6.07, 6.45) is 0.950. The molecule has 0 saturated heterocycles. The lowest BCUT2D eigenvalue weighted by atomic mass is 10.0. The van der Waals surface area contributed by atoms with Gasteiger partial charge in [-0.15, -0.1) is 0 Å². The molecule has 0 atom stereocenters. The number of pyridine rings is 1. The van der Waals surface area contributed by atoms with Gasteiger partial charge in [0.15, 0.2) is 0 Å². The van der Waals surface area contributed by atoms with Gasteiger partial charge < -0.3 is 9.80 Å². The molecule has 24 heavy (non-hydrogen) atoms. The fourth-order valence-electron chi connectivity index (χ4n) is 3.41. The molecule has 2 heterocycles. The Morgan fingerprint density at radius 2 is 2.00 bits per heavy atom. The fraction of sp³-hybridized carbons (Fsp3) is 0.263. The number of rotatable bonds is 4. The molecular weight excluding hydrogens is 413 g/mol. The fourth-order valence-corrected chi connectivity index (χ4v) is 3.90. The number of aromatic nitrogens is 1. The van der Waals surface area contributed by atoms with Crippen LogP contribution in [-0.4, -0.2) is 43.0 Å². The number of nitrogens with zero attached hydrogens (tertiary/aromatic N) is 3. The Kier molecular flexibility index (Phi) is 3.92. The molecule has 0 aliphatic carbocycles. The number of amides is 1. The zero-order valence-electron chi connectivity index (χ0n) is 13.7. The molecule has 1 aliphatic rings. The zero-order chi connectivity index (χ0) is 16.8. The van der Waals surface area contributed by atoms with Crippen LogP contribution in [0.5, 0.6) is 0 Å². The van der Waals surface area contributed by atoms with Gasteiger partial charge in [-0.2, -0.15) is 0 Å². The van der Waals surface area contributed by atoms with Gasteiger partial charge >= 0.3 is 0 Å². The second-order valence-electron chi connectivity index (χ2n) is 6.43. The molecule has 1 aliphatic heterocycles. The van der Waals surface area contributed by atoms with E-state index in [1.807, 2.05) is 35.2 Å². The Morgan fingerprint density at radius 1 is 1.17 bits per heavy atom. The van der Waals surface area contributed by atoms with Crippen molar-refractivity contribution < 1.29 is 4.79 Å². The van der Waals surface area contributed by atoms with Crippen LogP contribution in [0.1, 0.15) is 16.8 Å². The highest BCUT2D eigenvalue weighted by Gasteiger charge is 2.31. The van der Waals surface area contributed by atoms with E-state index < -0.39 is 0 Å². The summed E-state index contributed by atoms with van der Waals surface area (Å²) in [7, 11) is 4.11. The largest absolute Gasteiger partial charge is 0.309 e. The third-order valence-electron chi connectivity index (χ3n) is 4.48. The number of fused-ring (bicyclic) bond motifs is 2. The maximum Gasteiger partial charge on any atom is 0.259 e. The van der Waals surface area contributed by atoms with E-state index in [1.54, 1.807) is 0 Å². The molecule has 122 valence electrons. The first kappa shape index (κ1) is 15.8. The maximum absolute atomic E-state index is 13.2. The van der Waals surface area contributed by atoms with Crippen molar-refractivity contribution in [3.05, 3.63) is 45.5 Å². The van der Waals surface area contributed by atoms with E-state index in [0.717, 1.165) is 56.1 Å². The molecule has 0 spiro atoms. The molecule has 0 radical (unpaired) electrons. The van der Waals surface area contributed by atoms with Crippen LogP contribution in [0.15, 0.2) is 36.4 Å². The lowest BCUT2D eigenvalue weighted by Gasteiger charge is -2.19. The Balaban J connectivity index is 1.88. The SMILES string of the molecule is CN(C)CCCN1C(=O)c2c3cc(I)ccc3nc3cccc1c23. The van der Waals surface area contributed by atoms with Gasteiger partial charge in [0, 0.05) is 20.9 Å². The quantitative estimate of drug-likeness (QED) is 0.465. The average Bonchev–Trinajstić information content (AvgIpc) is 2.83. The molecule has 4 nitrogen and oxygen atoms in total. The van der Waals surface area contributed by atoms with E-state index in [2.05, 4.69) is 47.7 Å². The average molecular weight is 431 g/mol. The highest BCUT2D eigenvalue weighted by atomic mass is 127. The number of anilines is 1. The van der Waals surface area contributed by atoms with Crippen molar-refractivity contribution in [2.75, 3.05) is 32.1 Å². The third kappa shape index (κ3) is 2.46. The molecule has 1 amide bonds. The summed E-state index contributed by atoms with van der Waals surface area (Å²) in [6.45, 7) is 1.70. The van der Waals surface area contributed by atoms with Crippen LogP contribution in [0.4, 0.5) is 5.69 Å². The van der Waals surface area contributed by atoms with E-state index in [-0.39, 0.29) is 5.91 Å². The van der Waals surface area contributed by atoms with Gasteiger partial charge in [0.1, 0.15) is 0 Å². The molecule has 0 N–H and O–H groups in total. The summed E-state index contributed by atoms with van der Waals surface area (Å²) in [5, 5.41) is 1.96. The summed E-state index contributed by atoms with van der Waals surface area (Å²) in [6, 6.07) is 12.1. The van der Waals surface area contributed by atoms with Crippen LogP contribution in [0.3, 0.4) is 0 Å². The number of benzene rings is 2. The molecule has 1 aromatic heterocycles. The Labute approximate surface area is 154 Å². The van der Waals surface area contributed by atoms with Crippen LogP contribution < -0.4 is 4.90 Å². The van der Waals surface area contributed by atoms with Crippen molar-refractivity contribution in [1.29, 1.82) is 0 Å². The van der Waals surface area contributed by atoms with Gasteiger partial charge in [0.05, 0.1) is 22.3 Å². The molecule has 0 saturated carbocycles. The summed E-state index contributed by atoms with van der Waals surface area (Å²) in [5.74, 6) is 0.106. The lowest BCUT2D eigenvalue weighted by molar-refractivity contribution is 0.0993. The van der Waals surface area contributed by atoms with Crippen LogP contribution >= 0.6 is 22.6 Å². The van der Waals surface area contributed by atoms with Crippen LogP contribution in [0, 0.1) is 3.57 Å². The minimum atomic E-state index is 0.106. The van der Waals surface area contributed by atoms with Crippen LogP contribution in [0.2, 0.25) is 0 Å². The first-order valence-electron chi connectivity index (χ1n) is 8.05. The predicted molar refractivity (Wildman–Crippen MR) is 107 cm³/mol. The normalized spacial score (nSPS) is 13.7. The van der Waals surface area contributed by atoms with E-state index >= 15 is 0 Å². The van der Waals surface area contributed by atoms with Gasteiger partial charge in [-0.1, -0.05) is 6.07 Å². The molecule has 5 heteroatoms. The Bertz CT molecular complexity index is 968. The number of carbonyl (C=O) groups is 1. The van der Waals surface area contributed by atoms with Crippen molar-refractivity contribution in [3.63, 3.8) is 0 Å². The minimum Gasteiger partial charge on any atom is -0.309 e. The topological polar surface area (TPSA) is 36.4 Å². The Hall–Kier alpha value is -1.73. The first-order valence-corrected chi connectivity index (χ1v) is 9.13. The number of halogens is 1. The maximum atomic E-state index is 13.2. The van der Waals surface area contributed by atoms with E-state index in [9.17, 15) is 4.79 Å². The standard InChI is InChI=1S/C19H18IN3O/c1-22(2)9-4-10-23-16-6-3-5-15-18(16)17(19(23)24)13-11-12(20)7-8-14(13)21-15/h3,5-8,11H,4,9-10H2,1-2H3. The van der Waals surface area contributed by atoms with Crippen molar-refractivity contribution in [3.8, 4) is 0 Å². The molecular formula is C19H18IN3O. The van der Waals surface area contributed by atoms with Gasteiger partial charge in [0.2, 0.25) is 0 Å². The van der Waals surface area contributed by atoms with Crippen molar-refractivity contribution in [1.82, 2.24) is 9.88 Å². The van der Waals surface area contributed by atoms with Gasteiger partial charge in [-0.25, -0.2) is 4.98 Å². The van der Waals surface area contributed by atoms with E-state index in [0.29, 0.717) is 0 Å². The molecule has 3 aromatic rings. The van der Waals surface area contributed by atoms with Crippen LogP contribution in [0.25, 0.3) is 21.8 Å². The van der Waals surface area contributed by atoms with Gasteiger partial charge in [-0.3, -0.25) is 4.79 Å². The second kappa shape index (κ2) is 5.97. The molecule has 2 aromatic carbocycles. The monoisotopic (exact) mass is 431 g/mol. The zero-order valence-corrected chi connectivity index (χ0v) is 15.9. The van der Waals surface area contributed by atoms with Crippen molar-refractivity contribution in [2.45, 2.75) is 6.42 Å². The van der Waals surface area contributed by atoms with E-state index in [4.69, 9.17) is 4.98 Å². The summed E-state index contributed by atoms with van der Waals surface area (Å²) in [5.41, 5.74) is 3.60. The Morgan fingerprint density at radius 3 is 2.79 bits per heavy atom. The van der Waals surface area contributed by atoms with Crippen LogP contribution in [-0.2, 0) is 0 Å². The summed E-state index contributed by atoms with van der Waals surface area (Å²) >= 11 is 2.29. The van der Waals surface area contributed by atoms with Gasteiger partial charge in [0.25, 0.3) is 5.91 Å². The second-order valence-corrected chi connectivity index (χ2v) is 7.68. The highest BCUT2D eigenvalue weighted by Crippen LogP contribution is 2.40. The molecule has 0 bridgehead atoms. The van der Waals surface area contributed by atoms with Crippen molar-refractivity contribution >= 4 is 56.0 Å². The van der Waals surface area contributed by atoms with Gasteiger partial charge in [-0.05, 0) is 80.0 Å². The predicted octanol–water partition coefficient (Wildman–Crippen LogP) is 3.90. The summed E-state index contributed by atoms with van der Waals surface area (Å²) in [4.78, 5) is 22.0. The molecule has 4 rings (SSSR count). The number of carbonyl (C=O) groups excluding carboxylic acids is 1. The smallest absolute Gasteiger partial charge is 0.259 e. The highest BCUT2D eigenvalue weighted by molar-refractivity contribution is 14.1. The third-order valence-corrected chi connectivity index (χ3v) is 5.15. The minimum absolute atomic E-state index is 0.106. The number of hydrogen-bond donors (Lipinski definition) is 0. The van der Waals surface area contributed by atoms with Crippen molar-refractivity contribution in [2.24, 2.45) is 0 Å². The summed E-state index contributed by atoms with van der Waals surface area (Å²) < 4.78 is 1.12.